The van der Waals surface area contributed by atoms with Crippen molar-refractivity contribution in [2.45, 2.75) is 25.3 Å². The molecule has 1 amide bonds. The molecule has 0 aliphatic heterocycles. The van der Waals surface area contributed by atoms with Crippen LogP contribution in [-0.2, 0) is 18.3 Å². The van der Waals surface area contributed by atoms with Crippen LogP contribution in [0.25, 0.3) is 22.3 Å². The van der Waals surface area contributed by atoms with Gasteiger partial charge in [-0.05, 0) is 36.5 Å². The van der Waals surface area contributed by atoms with Gasteiger partial charge in [0.15, 0.2) is 0 Å². The number of hydrogen-bond acceptors (Lipinski definition) is 5. The van der Waals surface area contributed by atoms with E-state index < -0.39 is 11.9 Å². The van der Waals surface area contributed by atoms with E-state index in [2.05, 4.69) is 21.9 Å². The molecule has 1 unspecified atom stereocenters. The van der Waals surface area contributed by atoms with E-state index >= 15 is 0 Å². The second-order valence-electron chi connectivity index (χ2n) is 7.91. The Morgan fingerprint density at radius 1 is 1.22 bits per heavy atom. The van der Waals surface area contributed by atoms with E-state index in [0.29, 0.717) is 29.2 Å². The summed E-state index contributed by atoms with van der Waals surface area (Å²) >= 11 is 0. The van der Waals surface area contributed by atoms with Crippen LogP contribution in [-0.4, -0.2) is 35.7 Å². The monoisotopic (exact) mass is 426 g/mol. The van der Waals surface area contributed by atoms with Gasteiger partial charge in [0, 0.05) is 37.2 Å². The van der Waals surface area contributed by atoms with Gasteiger partial charge in [-0.3, -0.25) is 19.7 Å². The number of fused-ring (bicyclic) bond motifs is 1. The van der Waals surface area contributed by atoms with Gasteiger partial charge in [0.25, 0.3) is 5.91 Å². The van der Waals surface area contributed by atoms with Gasteiger partial charge in [0.05, 0.1) is 5.69 Å². The Morgan fingerprint density at radius 2 is 2.03 bits per heavy atom. The van der Waals surface area contributed by atoms with E-state index in [-0.39, 0.29) is 0 Å². The number of hydroxylamine groups is 1. The zero-order valence-electron chi connectivity index (χ0n) is 17.6. The van der Waals surface area contributed by atoms with Crippen LogP contribution >= 0.6 is 0 Å². The van der Waals surface area contributed by atoms with E-state index in [1.165, 1.54) is 0 Å². The van der Waals surface area contributed by atoms with Crippen LogP contribution in [0.3, 0.4) is 0 Å². The molecule has 160 valence electrons. The Bertz CT molecular complexity index is 1340. The molecule has 0 spiro atoms. The molecule has 0 bridgehead atoms. The van der Waals surface area contributed by atoms with Crippen LogP contribution < -0.4 is 5.48 Å². The number of nitrogens with zero attached hydrogens (tertiary/aromatic N) is 5. The molecule has 1 fully saturated rings. The number of aryl methyl sites for hydroxylation is 1. The molecular formula is C24H22N6O2. The zero-order chi connectivity index (χ0) is 22.1. The molecule has 4 aromatic rings. The Kier molecular flexibility index (Phi) is 5.17. The van der Waals surface area contributed by atoms with Gasteiger partial charge in [0.1, 0.15) is 22.9 Å². The second kappa shape index (κ2) is 8.29. The van der Waals surface area contributed by atoms with Crippen LogP contribution in [0.2, 0.25) is 0 Å². The first-order valence-electron chi connectivity index (χ1n) is 10.5. The van der Waals surface area contributed by atoms with E-state index in [0.717, 1.165) is 29.5 Å². The molecule has 1 aliphatic rings. The van der Waals surface area contributed by atoms with Gasteiger partial charge >= 0.3 is 0 Å². The lowest BCUT2D eigenvalue weighted by Gasteiger charge is -2.17. The molecule has 0 saturated heterocycles. The molecule has 1 atom stereocenters. The fourth-order valence-corrected chi connectivity index (χ4v) is 3.77. The largest absolute Gasteiger partial charge is 0.289 e. The highest BCUT2D eigenvalue weighted by Crippen LogP contribution is 2.31. The number of pyridine rings is 1. The maximum absolute atomic E-state index is 12.8. The number of carbonyl (C=O) groups is 1. The number of hydrogen-bond donors (Lipinski definition) is 2. The van der Waals surface area contributed by atoms with Crippen LogP contribution in [0.15, 0.2) is 54.9 Å². The number of rotatable bonds is 5. The van der Waals surface area contributed by atoms with Crippen molar-refractivity contribution in [1.82, 2.24) is 30.0 Å². The quantitative estimate of drug-likeness (QED) is 0.291. The standard InChI is InChI=1S/C24H22N6O2/c1-29-20(12-14-26-29)23-22-18(11-13-25-23)19(10-9-16-7-8-16)30(27-22)21(24(31)28-32)15-17-5-3-2-4-6-17/h2-6,11-14,16,21,32H,7-8,15H2,1H3,(H,28,31). The van der Waals surface area contributed by atoms with E-state index in [1.54, 1.807) is 27.2 Å². The third-order valence-electron chi connectivity index (χ3n) is 5.63. The van der Waals surface area contributed by atoms with E-state index in [9.17, 15) is 10.0 Å². The first-order chi connectivity index (χ1) is 15.7. The normalized spacial score (nSPS) is 14.1. The van der Waals surface area contributed by atoms with Gasteiger partial charge in [-0.1, -0.05) is 36.3 Å². The van der Waals surface area contributed by atoms with Gasteiger partial charge in [-0.2, -0.15) is 10.2 Å². The van der Waals surface area contributed by atoms with Gasteiger partial charge < -0.3 is 0 Å². The minimum absolute atomic E-state index is 0.355. The lowest BCUT2D eigenvalue weighted by atomic mass is 10.1. The summed E-state index contributed by atoms with van der Waals surface area (Å²) in [7, 11) is 1.85. The van der Waals surface area contributed by atoms with Crippen molar-refractivity contribution in [1.29, 1.82) is 0 Å². The van der Waals surface area contributed by atoms with Gasteiger partial charge in [0.2, 0.25) is 0 Å². The van der Waals surface area contributed by atoms with Crippen LogP contribution in [0.5, 0.6) is 0 Å². The topological polar surface area (TPSA) is 97.9 Å². The summed E-state index contributed by atoms with van der Waals surface area (Å²) in [4.78, 5) is 17.3. The fraction of sp³-hybridized carbons (Fsp3) is 0.250. The van der Waals surface area contributed by atoms with Crippen LogP contribution in [0.4, 0.5) is 0 Å². The predicted octanol–water partition coefficient (Wildman–Crippen LogP) is 2.88. The lowest BCUT2D eigenvalue weighted by molar-refractivity contribution is -0.132. The second-order valence-corrected chi connectivity index (χ2v) is 7.91. The van der Waals surface area contributed by atoms with Crippen molar-refractivity contribution in [3.05, 3.63) is 66.1 Å². The Morgan fingerprint density at radius 3 is 2.72 bits per heavy atom. The molecule has 1 aromatic carbocycles. The van der Waals surface area contributed by atoms with Crippen molar-refractivity contribution in [2.75, 3.05) is 0 Å². The summed E-state index contributed by atoms with van der Waals surface area (Å²) in [6, 6.07) is 12.6. The number of nitrogens with one attached hydrogen (secondary N) is 1. The highest BCUT2D eigenvalue weighted by molar-refractivity contribution is 5.94. The molecule has 5 rings (SSSR count). The van der Waals surface area contributed by atoms with Gasteiger partial charge in [-0.25, -0.2) is 10.2 Å². The van der Waals surface area contributed by atoms with Crippen molar-refractivity contribution in [3.63, 3.8) is 0 Å². The van der Waals surface area contributed by atoms with Crippen molar-refractivity contribution < 1.29 is 10.0 Å². The minimum Gasteiger partial charge on any atom is -0.289 e. The minimum atomic E-state index is -0.780. The fourth-order valence-electron chi connectivity index (χ4n) is 3.77. The zero-order valence-corrected chi connectivity index (χ0v) is 17.6. The maximum atomic E-state index is 12.8. The molecule has 32 heavy (non-hydrogen) atoms. The number of benzene rings is 1. The van der Waals surface area contributed by atoms with Crippen molar-refractivity contribution in [2.24, 2.45) is 13.0 Å². The van der Waals surface area contributed by atoms with Crippen LogP contribution in [0.1, 0.15) is 30.1 Å². The average molecular weight is 426 g/mol. The molecule has 2 N–H and O–H groups in total. The molecule has 3 heterocycles. The Balaban J connectivity index is 1.71. The molecule has 8 nitrogen and oxygen atoms in total. The maximum Gasteiger partial charge on any atom is 0.268 e. The molecule has 1 aliphatic carbocycles. The highest BCUT2D eigenvalue weighted by atomic mass is 16.5. The van der Waals surface area contributed by atoms with Gasteiger partial charge in [-0.15, -0.1) is 0 Å². The number of aromatic nitrogens is 5. The summed E-state index contributed by atoms with van der Waals surface area (Å²) < 4.78 is 3.36. The van der Waals surface area contributed by atoms with Crippen molar-refractivity contribution in [3.8, 4) is 23.2 Å². The molecular weight excluding hydrogens is 404 g/mol. The molecule has 0 radical (unpaired) electrons. The summed E-state index contributed by atoms with van der Waals surface area (Å²) in [5, 5.41) is 19.4. The third-order valence-corrected chi connectivity index (χ3v) is 5.63. The lowest BCUT2D eigenvalue weighted by Crippen LogP contribution is -2.33. The number of carbonyl (C=O) groups excluding carboxylic acids is 1. The van der Waals surface area contributed by atoms with E-state index in [4.69, 9.17) is 5.10 Å². The first-order valence-corrected chi connectivity index (χ1v) is 10.5. The molecule has 8 heteroatoms. The predicted molar refractivity (Wildman–Crippen MR) is 118 cm³/mol. The first kappa shape index (κ1) is 20.0. The summed E-state index contributed by atoms with van der Waals surface area (Å²) in [6.07, 6.45) is 5.96. The SMILES string of the molecule is Cn1nccc1-c1nccc2c(C#CC3CC3)n(C(Cc3ccccc3)C(=O)NO)nc12. The highest BCUT2D eigenvalue weighted by Gasteiger charge is 2.27. The third kappa shape index (κ3) is 3.74. The number of amides is 1. The Labute approximate surface area is 184 Å². The average Bonchev–Trinajstić information content (AvgIpc) is 3.44. The summed E-state index contributed by atoms with van der Waals surface area (Å²) in [5.74, 6) is 6.39. The van der Waals surface area contributed by atoms with E-state index in [1.807, 2.05) is 49.5 Å². The summed E-state index contributed by atoms with van der Waals surface area (Å²) in [5.41, 5.74) is 5.52. The smallest absolute Gasteiger partial charge is 0.268 e. The Hall–Kier alpha value is -3.96. The molecule has 3 aromatic heterocycles. The van der Waals surface area contributed by atoms with Crippen molar-refractivity contribution >= 4 is 16.8 Å². The molecule has 1 saturated carbocycles. The summed E-state index contributed by atoms with van der Waals surface area (Å²) in [6.45, 7) is 0. The van der Waals surface area contributed by atoms with Crippen LogP contribution in [0, 0.1) is 17.8 Å².